The third-order valence-corrected chi connectivity index (χ3v) is 3.13. The van der Waals surface area contributed by atoms with Crippen LogP contribution < -0.4 is 5.32 Å². The molecule has 0 aromatic heterocycles. The molecule has 0 amide bonds. The highest BCUT2D eigenvalue weighted by Crippen LogP contribution is 2.22. The van der Waals surface area contributed by atoms with Gasteiger partial charge in [-0.05, 0) is 48.9 Å². The third-order valence-electron chi connectivity index (χ3n) is 3.13. The SMILES string of the molecule is CCNC(CCC(C)(C)C)Cc1ccc(F)cc1. The maximum Gasteiger partial charge on any atom is 0.123 e. The molecule has 18 heavy (non-hydrogen) atoms. The number of benzene rings is 1. The van der Waals surface area contributed by atoms with Crippen molar-refractivity contribution in [2.75, 3.05) is 6.54 Å². The number of rotatable bonds is 6. The van der Waals surface area contributed by atoms with E-state index in [4.69, 9.17) is 0 Å². The first-order chi connectivity index (χ1) is 8.40. The van der Waals surface area contributed by atoms with Gasteiger partial charge in [0.05, 0.1) is 0 Å². The van der Waals surface area contributed by atoms with E-state index in [1.54, 1.807) is 12.1 Å². The van der Waals surface area contributed by atoms with Gasteiger partial charge in [-0.15, -0.1) is 0 Å². The normalized spacial score (nSPS) is 13.6. The summed E-state index contributed by atoms with van der Waals surface area (Å²) in [7, 11) is 0. The molecule has 0 radical (unpaired) electrons. The monoisotopic (exact) mass is 251 g/mol. The molecule has 1 rings (SSSR count). The molecule has 0 heterocycles. The summed E-state index contributed by atoms with van der Waals surface area (Å²) < 4.78 is 12.9. The van der Waals surface area contributed by atoms with Crippen LogP contribution >= 0.6 is 0 Å². The van der Waals surface area contributed by atoms with Gasteiger partial charge in [-0.1, -0.05) is 39.8 Å². The predicted molar refractivity (Wildman–Crippen MR) is 76.3 cm³/mol. The van der Waals surface area contributed by atoms with E-state index in [9.17, 15) is 4.39 Å². The number of hydrogen-bond acceptors (Lipinski definition) is 1. The molecule has 0 saturated carbocycles. The summed E-state index contributed by atoms with van der Waals surface area (Å²) in [6, 6.07) is 7.34. The minimum atomic E-state index is -0.159. The first-order valence-corrected chi connectivity index (χ1v) is 6.88. The summed E-state index contributed by atoms with van der Waals surface area (Å²) >= 11 is 0. The lowest BCUT2D eigenvalue weighted by molar-refractivity contribution is 0.330. The minimum Gasteiger partial charge on any atom is -0.314 e. The van der Waals surface area contributed by atoms with Crippen molar-refractivity contribution in [3.05, 3.63) is 35.6 Å². The number of hydrogen-bond donors (Lipinski definition) is 1. The second kappa shape index (κ2) is 6.89. The summed E-state index contributed by atoms with van der Waals surface area (Å²) in [6.07, 6.45) is 3.34. The molecule has 1 unspecified atom stereocenters. The third kappa shape index (κ3) is 6.15. The van der Waals surface area contributed by atoms with Gasteiger partial charge < -0.3 is 5.32 Å². The zero-order valence-corrected chi connectivity index (χ0v) is 12.1. The second-order valence-electron chi connectivity index (χ2n) is 6.18. The molecule has 0 fully saturated rings. The average Bonchev–Trinajstić information content (AvgIpc) is 2.28. The van der Waals surface area contributed by atoms with E-state index in [-0.39, 0.29) is 5.82 Å². The highest BCUT2D eigenvalue weighted by Gasteiger charge is 2.15. The summed E-state index contributed by atoms with van der Waals surface area (Å²) in [4.78, 5) is 0. The Morgan fingerprint density at radius 2 is 1.78 bits per heavy atom. The Kier molecular flexibility index (Phi) is 5.80. The van der Waals surface area contributed by atoms with Crippen LogP contribution in [-0.4, -0.2) is 12.6 Å². The van der Waals surface area contributed by atoms with Gasteiger partial charge in [0.2, 0.25) is 0 Å². The zero-order valence-electron chi connectivity index (χ0n) is 12.1. The zero-order chi connectivity index (χ0) is 13.6. The molecule has 1 N–H and O–H groups in total. The van der Waals surface area contributed by atoms with E-state index in [0.29, 0.717) is 11.5 Å². The van der Waals surface area contributed by atoms with Crippen LogP contribution in [0.15, 0.2) is 24.3 Å². The number of nitrogens with one attached hydrogen (secondary N) is 1. The van der Waals surface area contributed by atoms with Gasteiger partial charge in [0.15, 0.2) is 0 Å². The van der Waals surface area contributed by atoms with Crippen LogP contribution in [0.5, 0.6) is 0 Å². The Bertz CT molecular complexity index is 337. The molecule has 0 aliphatic heterocycles. The Morgan fingerprint density at radius 1 is 1.17 bits per heavy atom. The van der Waals surface area contributed by atoms with Crippen molar-refractivity contribution in [2.24, 2.45) is 5.41 Å². The molecule has 1 nitrogen and oxygen atoms in total. The van der Waals surface area contributed by atoms with Gasteiger partial charge in [0, 0.05) is 6.04 Å². The van der Waals surface area contributed by atoms with Gasteiger partial charge in [-0.2, -0.15) is 0 Å². The molecule has 0 bridgehead atoms. The topological polar surface area (TPSA) is 12.0 Å². The van der Waals surface area contributed by atoms with Crippen molar-refractivity contribution in [1.29, 1.82) is 0 Å². The fraction of sp³-hybridized carbons (Fsp3) is 0.625. The number of likely N-dealkylation sites (N-methyl/N-ethyl adjacent to an activating group) is 1. The molecule has 0 saturated heterocycles. The van der Waals surface area contributed by atoms with Crippen molar-refractivity contribution in [3.8, 4) is 0 Å². The minimum absolute atomic E-state index is 0.159. The standard InChI is InChI=1S/C16H26FN/c1-5-18-15(10-11-16(2,3)4)12-13-6-8-14(17)9-7-13/h6-9,15,18H,5,10-12H2,1-4H3. The van der Waals surface area contributed by atoms with Crippen LogP contribution in [0.2, 0.25) is 0 Å². The average molecular weight is 251 g/mol. The van der Waals surface area contributed by atoms with Crippen LogP contribution in [-0.2, 0) is 6.42 Å². The summed E-state index contributed by atoms with van der Waals surface area (Å²) in [5.41, 5.74) is 1.58. The molecule has 102 valence electrons. The molecule has 1 atom stereocenters. The molecule has 0 aliphatic rings. The van der Waals surface area contributed by atoms with E-state index in [1.165, 1.54) is 12.0 Å². The second-order valence-corrected chi connectivity index (χ2v) is 6.18. The van der Waals surface area contributed by atoms with Crippen LogP contribution in [0.4, 0.5) is 4.39 Å². The molecule has 1 aromatic rings. The molecule has 0 spiro atoms. The lowest BCUT2D eigenvalue weighted by atomic mass is 9.87. The van der Waals surface area contributed by atoms with E-state index >= 15 is 0 Å². The van der Waals surface area contributed by atoms with Gasteiger partial charge >= 0.3 is 0 Å². The smallest absolute Gasteiger partial charge is 0.123 e. The van der Waals surface area contributed by atoms with Gasteiger partial charge in [-0.3, -0.25) is 0 Å². The Morgan fingerprint density at radius 3 is 2.28 bits per heavy atom. The van der Waals surface area contributed by atoms with Crippen LogP contribution in [0, 0.1) is 11.2 Å². The van der Waals surface area contributed by atoms with Crippen LogP contribution in [0.3, 0.4) is 0 Å². The van der Waals surface area contributed by atoms with Gasteiger partial charge in [-0.25, -0.2) is 4.39 Å². The lowest BCUT2D eigenvalue weighted by Crippen LogP contribution is -2.32. The maximum absolute atomic E-state index is 12.9. The van der Waals surface area contributed by atoms with E-state index in [2.05, 4.69) is 33.0 Å². The van der Waals surface area contributed by atoms with E-state index < -0.39 is 0 Å². The van der Waals surface area contributed by atoms with E-state index in [0.717, 1.165) is 19.4 Å². The maximum atomic E-state index is 12.9. The summed E-state index contributed by atoms with van der Waals surface area (Å²) in [6.45, 7) is 9.93. The highest BCUT2D eigenvalue weighted by atomic mass is 19.1. The fourth-order valence-corrected chi connectivity index (χ4v) is 2.08. The predicted octanol–water partition coefficient (Wildman–Crippen LogP) is 4.17. The van der Waals surface area contributed by atoms with Crippen molar-refractivity contribution in [2.45, 2.75) is 53.0 Å². The molecule has 0 aliphatic carbocycles. The van der Waals surface area contributed by atoms with Crippen molar-refractivity contribution in [1.82, 2.24) is 5.32 Å². The highest BCUT2D eigenvalue weighted by molar-refractivity contribution is 5.17. The van der Waals surface area contributed by atoms with Gasteiger partial charge in [0.1, 0.15) is 5.82 Å². The number of halogens is 1. The summed E-state index contributed by atoms with van der Waals surface area (Å²) in [5, 5.41) is 3.52. The van der Waals surface area contributed by atoms with E-state index in [1.807, 2.05) is 12.1 Å². The first kappa shape index (κ1) is 15.2. The molecular formula is C16H26FN. The Hall–Kier alpha value is -0.890. The Labute approximate surface area is 111 Å². The van der Waals surface area contributed by atoms with Gasteiger partial charge in [0.25, 0.3) is 0 Å². The van der Waals surface area contributed by atoms with Crippen molar-refractivity contribution >= 4 is 0 Å². The summed E-state index contributed by atoms with van der Waals surface area (Å²) in [5.74, 6) is -0.159. The molecule has 1 aromatic carbocycles. The fourth-order valence-electron chi connectivity index (χ4n) is 2.08. The largest absolute Gasteiger partial charge is 0.314 e. The molecule has 2 heteroatoms. The Balaban J connectivity index is 2.54. The molecular weight excluding hydrogens is 225 g/mol. The van der Waals surface area contributed by atoms with Crippen LogP contribution in [0.1, 0.15) is 46.1 Å². The van der Waals surface area contributed by atoms with Crippen molar-refractivity contribution in [3.63, 3.8) is 0 Å². The van der Waals surface area contributed by atoms with Crippen molar-refractivity contribution < 1.29 is 4.39 Å². The van der Waals surface area contributed by atoms with Crippen LogP contribution in [0.25, 0.3) is 0 Å². The quantitative estimate of drug-likeness (QED) is 0.800. The lowest BCUT2D eigenvalue weighted by Gasteiger charge is -2.24. The first-order valence-electron chi connectivity index (χ1n) is 6.88.